The molecule has 1 saturated carbocycles. The molecule has 0 aromatic rings. The zero-order valence-corrected chi connectivity index (χ0v) is 11.2. The molecule has 0 amide bonds. The zero-order valence-electron chi connectivity index (χ0n) is 11.2. The first-order chi connectivity index (χ1) is 8.13. The summed E-state index contributed by atoms with van der Waals surface area (Å²) in [4.78, 5) is 11.4. The molecule has 0 bridgehead atoms. The summed E-state index contributed by atoms with van der Waals surface area (Å²) in [7, 11) is 0. The number of hydrogen-bond donors (Lipinski definition) is 1. The van der Waals surface area contributed by atoms with Crippen molar-refractivity contribution in [3.63, 3.8) is 0 Å². The van der Waals surface area contributed by atoms with E-state index in [0.717, 1.165) is 6.54 Å². The number of carbonyl (C=O) groups is 1. The topological polar surface area (TPSA) is 38.3 Å². The van der Waals surface area contributed by atoms with Crippen LogP contribution in [0.3, 0.4) is 0 Å². The summed E-state index contributed by atoms with van der Waals surface area (Å²) >= 11 is 0. The van der Waals surface area contributed by atoms with Gasteiger partial charge in [0.25, 0.3) is 0 Å². The van der Waals surface area contributed by atoms with Gasteiger partial charge in [-0.1, -0.05) is 26.3 Å². The van der Waals surface area contributed by atoms with Crippen LogP contribution < -0.4 is 5.32 Å². The molecular weight excluding hydrogens is 214 g/mol. The Hall–Kier alpha value is -0.830. The van der Waals surface area contributed by atoms with E-state index in [1.807, 2.05) is 6.92 Å². The molecule has 0 spiro atoms. The fourth-order valence-electron chi connectivity index (χ4n) is 2.56. The van der Waals surface area contributed by atoms with E-state index in [4.69, 9.17) is 4.74 Å². The van der Waals surface area contributed by atoms with Gasteiger partial charge in [0.2, 0.25) is 0 Å². The number of hydrogen-bond acceptors (Lipinski definition) is 3. The minimum atomic E-state index is -0.281. The van der Waals surface area contributed by atoms with Gasteiger partial charge < -0.3 is 10.1 Å². The Bertz CT molecular complexity index is 267. The summed E-state index contributed by atoms with van der Waals surface area (Å²) < 4.78 is 4.90. The SMILES string of the molecule is C=C(CNCC1(CC)CCCC1)C(=O)OCC. The van der Waals surface area contributed by atoms with E-state index >= 15 is 0 Å². The summed E-state index contributed by atoms with van der Waals surface area (Å²) in [5.74, 6) is -0.281. The number of nitrogens with one attached hydrogen (secondary N) is 1. The third kappa shape index (κ3) is 4.15. The van der Waals surface area contributed by atoms with E-state index in [0.29, 0.717) is 24.1 Å². The maximum Gasteiger partial charge on any atom is 0.334 e. The molecule has 1 aliphatic carbocycles. The number of rotatable bonds is 7. The molecule has 0 unspecified atom stereocenters. The molecule has 1 rings (SSSR count). The third-order valence-electron chi connectivity index (χ3n) is 3.82. The van der Waals surface area contributed by atoms with Gasteiger partial charge in [0, 0.05) is 18.7 Å². The Labute approximate surface area is 105 Å². The van der Waals surface area contributed by atoms with Crippen molar-refractivity contribution in [3.05, 3.63) is 12.2 Å². The van der Waals surface area contributed by atoms with Crippen molar-refractivity contribution >= 4 is 5.97 Å². The largest absolute Gasteiger partial charge is 0.463 e. The molecule has 3 heteroatoms. The lowest BCUT2D eigenvalue weighted by Gasteiger charge is -2.27. The molecule has 0 heterocycles. The van der Waals surface area contributed by atoms with Gasteiger partial charge in [0.05, 0.1) is 6.61 Å². The Balaban J connectivity index is 2.27. The molecule has 0 aromatic carbocycles. The predicted molar refractivity (Wildman–Crippen MR) is 69.8 cm³/mol. The van der Waals surface area contributed by atoms with Crippen LogP contribution in [0.25, 0.3) is 0 Å². The minimum Gasteiger partial charge on any atom is -0.463 e. The van der Waals surface area contributed by atoms with Crippen molar-refractivity contribution in [3.8, 4) is 0 Å². The highest BCUT2D eigenvalue weighted by Gasteiger charge is 2.31. The summed E-state index contributed by atoms with van der Waals surface area (Å²) in [6.07, 6.45) is 6.51. The Morgan fingerprint density at radius 3 is 2.53 bits per heavy atom. The quantitative estimate of drug-likeness (QED) is 0.548. The van der Waals surface area contributed by atoms with Crippen LogP contribution in [-0.4, -0.2) is 25.7 Å². The summed E-state index contributed by atoms with van der Waals surface area (Å²) in [6, 6.07) is 0. The second-order valence-electron chi connectivity index (χ2n) is 4.99. The third-order valence-corrected chi connectivity index (χ3v) is 3.82. The molecular formula is C14H25NO2. The van der Waals surface area contributed by atoms with Gasteiger partial charge in [0.15, 0.2) is 0 Å². The molecule has 98 valence electrons. The van der Waals surface area contributed by atoms with E-state index in [1.165, 1.54) is 32.1 Å². The maximum absolute atomic E-state index is 11.4. The highest BCUT2D eigenvalue weighted by Crippen LogP contribution is 2.40. The standard InChI is InChI=1S/C14H25NO2/c1-4-14(8-6-7-9-14)11-15-10-12(3)13(16)17-5-2/h15H,3-11H2,1-2H3. The van der Waals surface area contributed by atoms with Crippen LogP contribution in [0.5, 0.6) is 0 Å². The summed E-state index contributed by atoms with van der Waals surface area (Å²) in [5, 5.41) is 3.36. The Morgan fingerprint density at radius 1 is 1.35 bits per heavy atom. The second kappa shape index (κ2) is 6.80. The zero-order chi connectivity index (χ0) is 12.7. The van der Waals surface area contributed by atoms with Gasteiger partial charge in [-0.3, -0.25) is 0 Å². The van der Waals surface area contributed by atoms with Crippen molar-refractivity contribution in [2.24, 2.45) is 5.41 Å². The van der Waals surface area contributed by atoms with Gasteiger partial charge >= 0.3 is 5.97 Å². The first-order valence-electron chi connectivity index (χ1n) is 6.69. The molecule has 17 heavy (non-hydrogen) atoms. The van der Waals surface area contributed by atoms with E-state index in [9.17, 15) is 4.79 Å². The van der Waals surface area contributed by atoms with Gasteiger partial charge in [0.1, 0.15) is 0 Å². The molecule has 1 fully saturated rings. The van der Waals surface area contributed by atoms with Crippen LogP contribution in [0, 0.1) is 5.41 Å². The van der Waals surface area contributed by atoms with E-state index in [1.54, 1.807) is 0 Å². The summed E-state index contributed by atoms with van der Waals surface area (Å²) in [6.45, 7) is 9.76. The fraction of sp³-hybridized carbons (Fsp3) is 0.786. The smallest absolute Gasteiger partial charge is 0.334 e. The van der Waals surface area contributed by atoms with Crippen molar-refractivity contribution in [1.29, 1.82) is 0 Å². The normalized spacial score (nSPS) is 18.0. The average molecular weight is 239 g/mol. The van der Waals surface area contributed by atoms with E-state index in [2.05, 4.69) is 18.8 Å². The highest BCUT2D eigenvalue weighted by molar-refractivity contribution is 5.88. The van der Waals surface area contributed by atoms with Crippen molar-refractivity contribution in [2.45, 2.75) is 46.0 Å². The number of esters is 1. The highest BCUT2D eigenvalue weighted by atomic mass is 16.5. The van der Waals surface area contributed by atoms with Gasteiger partial charge in [-0.05, 0) is 31.6 Å². The first-order valence-corrected chi connectivity index (χ1v) is 6.69. The lowest BCUT2D eigenvalue weighted by atomic mass is 9.83. The molecule has 0 atom stereocenters. The fourth-order valence-corrected chi connectivity index (χ4v) is 2.56. The van der Waals surface area contributed by atoms with Crippen molar-refractivity contribution in [2.75, 3.05) is 19.7 Å². The van der Waals surface area contributed by atoms with Gasteiger partial charge in [-0.2, -0.15) is 0 Å². The lowest BCUT2D eigenvalue weighted by molar-refractivity contribution is -0.138. The van der Waals surface area contributed by atoms with Crippen LogP contribution in [-0.2, 0) is 9.53 Å². The Kier molecular flexibility index (Phi) is 5.69. The Morgan fingerprint density at radius 2 is 2.00 bits per heavy atom. The number of carbonyl (C=O) groups excluding carboxylic acids is 1. The van der Waals surface area contributed by atoms with Crippen molar-refractivity contribution < 1.29 is 9.53 Å². The number of ether oxygens (including phenoxy) is 1. The maximum atomic E-state index is 11.4. The monoisotopic (exact) mass is 239 g/mol. The van der Waals surface area contributed by atoms with Crippen LogP contribution in [0.2, 0.25) is 0 Å². The van der Waals surface area contributed by atoms with E-state index < -0.39 is 0 Å². The lowest BCUT2D eigenvalue weighted by Crippen LogP contribution is -2.33. The van der Waals surface area contributed by atoms with Crippen molar-refractivity contribution in [1.82, 2.24) is 5.32 Å². The summed E-state index contributed by atoms with van der Waals surface area (Å²) in [5.41, 5.74) is 0.977. The second-order valence-corrected chi connectivity index (χ2v) is 4.99. The van der Waals surface area contributed by atoms with E-state index in [-0.39, 0.29) is 5.97 Å². The minimum absolute atomic E-state index is 0.281. The van der Waals surface area contributed by atoms with Crippen LogP contribution in [0.1, 0.15) is 46.0 Å². The first kappa shape index (κ1) is 14.2. The van der Waals surface area contributed by atoms with Crippen LogP contribution in [0.4, 0.5) is 0 Å². The van der Waals surface area contributed by atoms with Crippen LogP contribution in [0.15, 0.2) is 12.2 Å². The van der Waals surface area contributed by atoms with Gasteiger partial charge in [-0.15, -0.1) is 0 Å². The average Bonchev–Trinajstić information content (AvgIpc) is 2.78. The molecule has 1 aliphatic rings. The predicted octanol–water partition coefficient (Wildman–Crippen LogP) is 2.67. The molecule has 0 aliphatic heterocycles. The molecule has 0 radical (unpaired) electrons. The molecule has 0 aromatic heterocycles. The molecule has 1 N–H and O–H groups in total. The van der Waals surface area contributed by atoms with Gasteiger partial charge in [-0.25, -0.2) is 4.79 Å². The van der Waals surface area contributed by atoms with Crippen LogP contribution >= 0.6 is 0 Å². The molecule has 0 saturated heterocycles. The molecule has 3 nitrogen and oxygen atoms in total.